The van der Waals surface area contributed by atoms with Crippen LogP contribution in [0.5, 0.6) is 0 Å². The number of benzene rings is 2. The Morgan fingerprint density at radius 3 is 2.64 bits per heavy atom. The van der Waals surface area contributed by atoms with Crippen molar-refractivity contribution in [2.75, 3.05) is 5.32 Å². The van der Waals surface area contributed by atoms with Crippen LogP contribution in [0, 0.1) is 0 Å². The van der Waals surface area contributed by atoms with Gasteiger partial charge in [0.2, 0.25) is 5.89 Å². The first kappa shape index (κ1) is 15.1. The molecule has 0 aliphatic carbocycles. The van der Waals surface area contributed by atoms with E-state index >= 15 is 0 Å². The highest BCUT2D eigenvalue weighted by atomic mass is 16.5. The third kappa shape index (κ3) is 3.58. The van der Waals surface area contributed by atoms with E-state index in [1.165, 1.54) is 0 Å². The molecule has 0 saturated heterocycles. The van der Waals surface area contributed by atoms with Gasteiger partial charge < -0.3 is 9.84 Å². The highest BCUT2D eigenvalue weighted by Crippen LogP contribution is 2.19. The zero-order valence-corrected chi connectivity index (χ0v) is 13.5. The van der Waals surface area contributed by atoms with Crippen molar-refractivity contribution in [3.63, 3.8) is 0 Å². The minimum absolute atomic E-state index is 0.458. The molecule has 2 aromatic heterocycles. The number of anilines is 1. The molecule has 4 rings (SSSR count). The molecule has 2 heterocycles. The molecule has 0 saturated carbocycles. The smallest absolute Gasteiger partial charge is 0.245 e. The zero-order chi connectivity index (χ0) is 16.9. The van der Waals surface area contributed by atoms with E-state index in [2.05, 4.69) is 32.7 Å². The quantitative estimate of drug-likeness (QED) is 0.586. The molecule has 6 heteroatoms. The van der Waals surface area contributed by atoms with Crippen molar-refractivity contribution in [2.45, 2.75) is 13.0 Å². The van der Waals surface area contributed by atoms with Gasteiger partial charge in [-0.3, -0.25) is 0 Å². The molecule has 124 valence electrons. The van der Waals surface area contributed by atoms with E-state index < -0.39 is 0 Å². The molecule has 6 nitrogen and oxygen atoms in total. The van der Waals surface area contributed by atoms with Gasteiger partial charge in [-0.1, -0.05) is 47.6 Å². The summed E-state index contributed by atoms with van der Waals surface area (Å²) in [5, 5.41) is 11.7. The molecule has 1 N–H and O–H groups in total. The molecular formula is C19H17N5O. The van der Waals surface area contributed by atoms with Gasteiger partial charge in [0.1, 0.15) is 0 Å². The molecule has 0 aliphatic rings. The van der Waals surface area contributed by atoms with Crippen molar-refractivity contribution >= 4 is 5.69 Å². The number of aromatic nitrogens is 4. The third-order valence-corrected chi connectivity index (χ3v) is 3.80. The summed E-state index contributed by atoms with van der Waals surface area (Å²) in [6.45, 7) is 0.458. The van der Waals surface area contributed by atoms with Gasteiger partial charge in [0.05, 0.1) is 17.9 Å². The van der Waals surface area contributed by atoms with Crippen LogP contribution in [0.4, 0.5) is 5.69 Å². The van der Waals surface area contributed by atoms with Crippen molar-refractivity contribution in [1.29, 1.82) is 0 Å². The maximum atomic E-state index is 5.34. The maximum Gasteiger partial charge on any atom is 0.245 e. The minimum Gasteiger partial charge on any atom is -0.374 e. The zero-order valence-electron chi connectivity index (χ0n) is 13.5. The standard InChI is InChI=1S/C19H17N5O/c1-2-7-15(8-3-1)13-18-22-19(25-23-18)14-20-16-9-4-5-10-17(16)24-12-6-11-21-24/h1-12,20H,13-14H2. The van der Waals surface area contributed by atoms with E-state index in [-0.39, 0.29) is 0 Å². The lowest BCUT2D eigenvalue weighted by Gasteiger charge is -2.10. The molecule has 0 bridgehead atoms. The predicted molar refractivity (Wildman–Crippen MR) is 94.4 cm³/mol. The van der Waals surface area contributed by atoms with Crippen LogP contribution >= 0.6 is 0 Å². The summed E-state index contributed by atoms with van der Waals surface area (Å²) in [4.78, 5) is 4.45. The third-order valence-electron chi connectivity index (χ3n) is 3.80. The Kier molecular flexibility index (Phi) is 4.24. The van der Waals surface area contributed by atoms with Gasteiger partial charge in [0.15, 0.2) is 5.82 Å². The van der Waals surface area contributed by atoms with Crippen LogP contribution in [0.3, 0.4) is 0 Å². The first-order valence-corrected chi connectivity index (χ1v) is 8.07. The van der Waals surface area contributed by atoms with Crippen LogP contribution in [-0.2, 0) is 13.0 Å². The minimum atomic E-state index is 0.458. The molecule has 4 aromatic rings. The first-order valence-electron chi connectivity index (χ1n) is 8.07. The van der Waals surface area contributed by atoms with E-state index in [1.54, 1.807) is 6.20 Å². The Hall–Kier alpha value is -3.41. The van der Waals surface area contributed by atoms with Crippen LogP contribution in [-0.4, -0.2) is 19.9 Å². The van der Waals surface area contributed by atoms with Crippen LogP contribution < -0.4 is 5.32 Å². The fraction of sp³-hybridized carbons (Fsp3) is 0.105. The fourth-order valence-electron chi connectivity index (χ4n) is 2.62. The second-order valence-electron chi connectivity index (χ2n) is 5.59. The van der Waals surface area contributed by atoms with Gasteiger partial charge in [0.25, 0.3) is 0 Å². The Bertz CT molecular complexity index is 931. The summed E-state index contributed by atoms with van der Waals surface area (Å²) in [7, 11) is 0. The van der Waals surface area contributed by atoms with E-state index in [0.717, 1.165) is 16.9 Å². The van der Waals surface area contributed by atoms with Crippen molar-refractivity contribution in [2.24, 2.45) is 0 Å². The molecular weight excluding hydrogens is 314 g/mol. The fourth-order valence-corrected chi connectivity index (χ4v) is 2.62. The molecule has 0 spiro atoms. The first-order chi connectivity index (χ1) is 12.4. The van der Waals surface area contributed by atoms with Gasteiger partial charge in [-0.15, -0.1) is 0 Å². The number of nitrogens with one attached hydrogen (secondary N) is 1. The van der Waals surface area contributed by atoms with Crippen LogP contribution in [0.25, 0.3) is 5.69 Å². The second kappa shape index (κ2) is 7.00. The number of para-hydroxylation sites is 2. The van der Waals surface area contributed by atoms with E-state index in [9.17, 15) is 0 Å². The van der Waals surface area contributed by atoms with Crippen molar-refractivity contribution in [1.82, 2.24) is 19.9 Å². The Balaban J connectivity index is 1.44. The largest absolute Gasteiger partial charge is 0.374 e. The van der Waals surface area contributed by atoms with Crippen LogP contribution in [0.15, 0.2) is 77.6 Å². The molecule has 25 heavy (non-hydrogen) atoms. The van der Waals surface area contributed by atoms with E-state index in [1.807, 2.05) is 59.4 Å². The van der Waals surface area contributed by atoms with E-state index in [0.29, 0.717) is 24.7 Å². The summed E-state index contributed by atoms with van der Waals surface area (Å²) in [6.07, 6.45) is 4.32. The van der Waals surface area contributed by atoms with Crippen LogP contribution in [0.1, 0.15) is 17.3 Å². The molecule has 0 amide bonds. The molecule has 2 aromatic carbocycles. The van der Waals surface area contributed by atoms with Gasteiger partial charge in [-0.05, 0) is 23.8 Å². The van der Waals surface area contributed by atoms with Crippen molar-refractivity contribution < 1.29 is 4.52 Å². The van der Waals surface area contributed by atoms with Gasteiger partial charge in [-0.2, -0.15) is 10.1 Å². The molecule has 0 unspecified atom stereocenters. The maximum absolute atomic E-state index is 5.34. The average Bonchev–Trinajstić information content (AvgIpc) is 3.33. The predicted octanol–water partition coefficient (Wildman–Crippen LogP) is 3.46. The van der Waals surface area contributed by atoms with Crippen LogP contribution in [0.2, 0.25) is 0 Å². The number of hydrogen-bond acceptors (Lipinski definition) is 5. The molecule has 0 radical (unpaired) electrons. The van der Waals surface area contributed by atoms with Gasteiger partial charge in [0, 0.05) is 18.8 Å². The lowest BCUT2D eigenvalue weighted by Crippen LogP contribution is -2.05. The number of nitrogens with zero attached hydrogens (tertiary/aromatic N) is 4. The normalized spacial score (nSPS) is 10.7. The Labute approximate surface area is 145 Å². The molecule has 0 fully saturated rings. The summed E-state index contributed by atoms with van der Waals surface area (Å²) >= 11 is 0. The highest BCUT2D eigenvalue weighted by Gasteiger charge is 2.09. The molecule has 0 atom stereocenters. The summed E-state index contributed by atoms with van der Waals surface area (Å²) < 4.78 is 7.16. The average molecular weight is 331 g/mol. The lowest BCUT2D eigenvalue weighted by molar-refractivity contribution is 0.378. The SMILES string of the molecule is c1ccc(Cc2noc(CNc3ccccc3-n3cccn3)n2)cc1. The number of hydrogen-bond donors (Lipinski definition) is 1. The summed E-state index contributed by atoms with van der Waals surface area (Å²) in [5.74, 6) is 1.24. The van der Waals surface area contributed by atoms with E-state index in [4.69, 9.17) is 4.52 Å². The topological polar surface area (TPSA) is 68.8 Å². The Morgan fingerprint density at radius 2 is 1.80 bits per heavy atom. The monoisotopic (exact) mass is 331 g/mol. The summed E-state index contributed by atoms with van der Waals surface area (Å²) in [5.41, 5.74) is 3.08. The lowest BCUT2D eigenvalue weighted by atomic mass is 10.1. The number of rotatable bonds is 6. The van der Waals surface area contributed by atoms with Crippen molar-refractivity contribution in [3.05, 3.63) is 90.3 Å². The van der Waals surface area contributed by atoms with Gasteiger partial charge >= 0.3 is 0 Å². The Morgan fingerprint density at radius 1 is 0.960 bits per heavy atom. The second-order valence-corrected chi connectivity index (χ2v) is 5.59. The summed E-state index contributed by atoms with van der Waals surface area (Å²) in [6, 6.07) is 20.0. The molecule has 0 aliphatic heterocycles. The highest BCUT2D eigenvalue weighted by molar-refractivity contribution is 5.60. The van der Waals surface area contributed by atoms with Crippen molar-refractivity contribution in [3.8, 4) is 5.69 Å². The van der Waals surface area contributed by atoms with Gasteiger partial charge in [-0.25, -0.2) is 4.68 Å².